The number of nitrogens with one attached hydrogen (secondary N) is 2. The van der Waals surface area contributed by atoms with E-state index >= 15 is 0 Å². The van der Waals surface area contributed by atoms with Gasteiger partial charge in [0.15, 0.2) is 5.76 Å². The van der Waals surface area contributed by atoms with Crippen LogP contribution in [0.3, 0.4) is 0 Å². The lowest BCUT2D eigenvalue weighted by atomic mass is 10.0. The van der Waals surface area contributed by atoms with Gasteiger partial charge in [-0.05, 0) is 38.3 Å². The van der Waals surface area contributed by atoms with Crippen molar-refractivity contribution in [3.8, 4) is 5.75 Å². The highest BCUT2D eigenvalue weighted by Gasteiger charge is 2.20. The van der Waals surface area contributed by atoms with Crippen molar-refractivity contribution >= 4 is 11.7 Å². The number of rotatable bonds is 3. The first-order valence-electron chi connectivity index (χ1n) is 7.36. The largest absolute Gasteiger partial charge is 0.488 e. The van der Waals surface area contributed by atoms with E-state index in [1.807, 2.05) is 18.2 Å². The molecule has 0 unspecified atom stereocenters. The second kappa shape index (κ2) is 6.09. The van der Waals surface area contributed by atoms with Crippen LogP contribution in [0.1, 0.15) is 23.4 Å². The summed E-state index contributed by atoms with van der Waals surface area (Å²) < 4.78 is 10.9. The molecule has 0 aliphatic carbocycles. The van der Waals surface area contributed by atoms with Gasteiger partial charge < -0.3 is 19.9 Å². The number of carbonyl (C=O) groups is 1. The van der Waals surface area contributed by atoms with Gasteiger partial charge in [0.05, 0.1) is 6.54 Å². The summed E-state index contributed by atoms with van der Waals surface area (Å²) in [6.07, 6.45) is 1.85. The summed E-state index contributed by atoms with van der Waals surface area (Å²) in [7, 11) is 0. The number of benzene rings is 1. The van der Waals surface area contributed by atoms with Crippen LogP contribution in [0.2, 0.25) is 0 Å². The van der Waals surface area contributed by atoms with Crippen molar-refractivity contribution in [1.29, 1.82) is 0 Å². The summed E-state index contributed by atoms with van der Waals surface area (Å²) in [6.45, 7) is 4.01. The third-order valence-corrected chi connectivity index (χ3v) is 3.76. The van der Waals surface area contributed by atoms with E-state index < -0.39 is 0 Å². The second-order valence-electron chi connectivity index (χ2n) is 5.42. The Morgan fingerprint density at radius 3 is 2.95 bits per heavy atom. The summed E-state index contributed by atoms with van der Waals surface area (Å²) in [4.78, 5) is 12.0. The predicted octanol–water partition coefficient (Wildman–Crippen LogP) is 2.81. The fourth-order valence-corrected chi connectivity index (χ4v) is 2.55. The Hall–Kier alpha value is -2.50. The monoisotopic (exact) mass is 301 g/mol. The average Bonchev–Trinajstić information content (AvgIpc) is 2.84. The number of para-hydroxylation sites is 1. The minimum atomic E-state index is -0.281. The number of anilines is 1. The Morgan fingerprint density at radius 1 is 1.36 bits per heavy atom. The van der Waals surface area contributed by atoms with Gasteiger partial charge in [0.25, 0.3) is 0 Å². The zero-order chi connectivity index (χ0) is 15.5. The van der Waals surface area contributed by atoms with Gasteiger partial charge in [-0.1, -0.05) is 23.4 Å². The third kappa shape index (κ3) is 3.05. The normalized spacial score (nSPS) is 16.5. The number of aromatic nitrogens is 1. The fraction of sp³-hybridized carbons (Fsp3) is 0.375. The van der Waals surface area contributed by atoms with Gasteiger partial charge in [0.2, 0.25) is 0 Å². The van der Waals surface area contributed by atoms with Crippen molar-refractivity contribution in [2.24, 2.45) is 0 Å². The van der Waals surface area contributed by atoms with E-state index in [4.69, 9.17) is 9.26 Å². The number of nitrogens with zero attached hydrogens (tertiary/aromatic N) is 1. The molecule has 1 aliphatic rings. The molecule has 6 heteroatoms. The molecule has 116 valence electrons. The van der Waals surface area contributed by atoms with E-state index in [1.165, 1.54) is 5.56 Å². The van der Waals surface area contributed by atoms with Gasteiger partial charge in [-0.15, -0.1) is 0 Å². The molecule has 1 aliphatic heterocycles. The van der Waals surface area contributed by atoms with Gasteiger partial charge in [-0.3, -0.25) is 0 Å². The van der Waals surface area contributed by atoms with E-state index in [1.54, 1.807) is 13.8 Å². The summed E-state index contributed by atoms with van der Waals surface area (Å²) in [5, 5.41) is 9.39. The van der Waals surface area contributed by atoms with E-state index in [0.29, 0.717) is 23.7 Å². The molecule has 2 aromatic rings. The van der Waals surface area contributed by atoms with Crippen LogP contribution < -0.4 is 15.4 Å². The zero-order valence-electron chi connectivity index (χ0n) is 12.7. The number of fused-ring (bicyclic) bond motifs is 1. The summed E-state index contributed by atoms with van der Waals surface area (Å²) in [5.41, 5.74) is 2.50. The molecule has 1 atom stereocenters. The molecule has 0 saturated carbocycles. The maximum Gasteiger partial charge on any atom is 0.319 e. The molecule has 2 amide bonds. The second-order valence-corrected chi connectivity index (χ2v) is 5.42. The van der Waals surface area contributed by atoms with Gasteiger partial charge in [0, 0.05) is 0 Å². The first kappa shape index (κ1) is 14.4. The van der Waals surface area contributed by atoms with Crippen LogP contribution >= 0.6 is 0 Å². The molecule has 22 heavy (non-hydrogen) atoms. The Morgan fingerprint density at radius 2 is 2.18 bits per heavy atom. The Balaban J connectivity index is 1.52. The average molecular weight is 301 g/mol. The van der Waals surface area contributed by atoms with E-state index in [9.17, 15) is 4.79 Å². The molecule has 6 nitrogen and oxygen atoms in total. The number of urea groups is 1. The minimum Gasteiger partial charge on any atom is -0.488 e. The zero-order valence-corrected chi connectivity index (χ0v) is 12.7. The van der Waals surface area contributed by atoms with Crippen molar-refractivity contribution in [3.63, 3.8) is 0 Å². The van der Waals surface area contributed by atoms with Crippen LogP contribution in [0.25, 0.3) is 0 Å². The van der Waals surface area contributed by atoms with Crippen LogP contribution in [-0.4, -0.2) is 23.8 Å². The van der Waals surface area contributed by atoms with E-state index in [-0.39, 0.29) is 12.1 Å². The van der Waals surface area contributed by atoms with Crippen molar-refractivity contribution in [1.82, 2.24) is 10.5 Å². The molecule has 0 fully saturated rings. The smallest absolute Gasteiger partial charge is 0.319 e. The molecule has 2 heterocycles. The number of aryl methyl sites for hydroxylation is 3. The number of ether oxygens (including phenoxy) is 1. The molecule has 0 bridgehead atoms. The summed E-state index contributed by atoms with van der Waals surface area (Å²) in [5.74, 6) is 1.50. The van der Waals surface area contributed by atoms with Crippen LogP contribution in [0, 0.1) is 13.8 Å². The standard InChI is InChI=1S/C16H19N3O3/c1-10-15(11(2)22-19-10)18-16(20)17-9-13-8-7-12-5-3-4-6-14(12)21-13/h3-6,13H,7-9H2,1-2H3,(H2,17,18,20)/t13-/m1/s1. The lowest BCUT2D eigenvalue weighted by Crippen LogP contribution is -2.39. The van der Waals surface area contributed by atoms with Crippen LogP contribution in [0.4, 0.5) is 10.5 Å². The molecule has 2 N–H and O–H groups in total. The van der Waals surface area contributed by atoms with E-state index in [2.05, 4.69) is 21.9 Å². The van der Waals surface area contributed by atoms with Gasteiger partial charge in [-0.2, -0.15) is 0 Å². The summed E-state index contributed by atoms with van der Waals surface area (Å²) >= 11 is 0. The topological polar surface area (TPSA) is 76.4 Å². The van der Waals surface area contributed by atoms with Gasteiger partial charge in [0.1, 0.15) is 23.2 Å². The SMILES string of the molecule is Cc1noc(C)c1NC(=O)NC[C@H]1CCc2ccccc2O1. The Bertz CT molecular complexity index is 662. The molecular formula is C16H19N3O3. The Kier molecular flexibility index (Phi) is 4.00. The fourth-order valence-electron chi connectivity index (χ4n) is 2.55. The van der Waals surface area contributed by atoms with Crippen molar-refractivity contribution in [2.45, 2.75) is 32.8 Å². The molecule has 1 aromatic heterocycles. The first-order valence-corrected chi connectivity index (χ1v) is 7.36. The maximum atomic E-state index is 12.0. The van der Waals surface area contributed by atoms with Gasteiger partial charge >= 0.3 is 6.03 Å². The van der Waals surface area contributed by atoms with Crippen LogP contribution in [0.15, 0.2) is 28.8 Å². The third-order valence-electron chi connectivity index (χ3n) is 3.76. The molecule has 0 radical (unpaired) electrons. The maximum absolute atomic E-state index is 12.0. The highest BCUT2D eigenvalue weighted by atomic mass is 16.5. The van der Waals surface area contributed by atoms with Crippen LogP contribution in [0.5, 0.6) is 5.75 Å². The highest BCUT2D eigenvalue weighted by molar-refractivity contribution is 5.90. The molecular weight excluding hydrogens is 282 g/mol. The lowest BCUT2D eigenvalue weighted by Gasteiger charge is -2.26. The number of amides is 2. The van der Waals surface area contributed by atoms with Crippen LogP contribution in [-0.2, 0) is 6.42 Å². The number of hydrogen-bond acceptors (Lipinski definition) is 4. The summed E-state index contributed by atoms with van der Waals surface area (Å²) in [6, 6.07) is 7.72. The lowest BCUT2D eigenvalue weighted by molar-refractivity contribution is 0.171. The van der Waals surface area contributed by atoms with Crippen molar-refractivity contribution in [3.05, 3.63) is 41.3 Å². The van der Waals surface area contributed by atoms with Gasteiger partial charge in [-0.25, -0.2) is 4.79 Å². The number of carbonyl (C=O) groups excluding carboxylic acids is 1. The van der Waals surface area contributed by atoms with E-state index in [0.717, 1.165) is 18.6 Å². The van der Waals surface area contributed by atoms with Crippen molar-refractivity contribution < 1.29 is 14.1 Å². The quantitative estimate of drug-likeness (QED) is 0.914. The van der Waals surface area contributed by atoms with Crippen molar-refractivity contribution in [2.75, 3.05) is 11.9 Å². The Labute approximate surface area is 128 Å². The highest BCUT2D eigenvalue weighted by Crippen LogP contribution is 2.26. The first-order chi connectivity index (χ1) is 10.6. The molecule has 0 saturated heterocycles. The molecule has 1 aromatic carbocycles. The number of hydrogen-bond donors (Lipinski definition) is 2. The predicted molar refractivity (Wildman–Crippen MR) is 82.2 cm³/mol. The molecule has 0 spiro atoms. The minimum absolute atomic E-state index is 0.00896. The molecule has 3 rings (SSSR count).